The van der Waals surface area contributed by atoms with Crippen molar-refractivity contribution in [2.75, 3.05) is 24.1 Å². The van der Waals surface area contributed by atoms with Gasteiger partial charge in [-0.25, -0.2) is 14.5 Å². The fourth-order valence-electron chi connectivity index (χ4n) is 2.17. The smallest absolute Gasteiger partial charge is 0.301 e. The first-order valence-corrected chi connectivity index (χ1v) is 9.48. The summed E-state index contributed by atoms with van der Waals surface area (Å²) in [5.74, 6) is 0.138. The van der Waals surface area contributed by atoms with Gasteiger partial charge in [0.05, 0.1) is 17.6 Å². The van der Waals surface area contributed by atoms with Crippen LogP contribution in [0.5, 0.6) is 0 Å². The molecule has 3 aromatic heterocycles. The van der Waals surface area contributed by atoms with Crippen LogP contribution in [-0.2, 0) is 15.0 Å². The lowest BCUT2D eigenvalue weighted by molar-refractivity contribution is -0.114. The van der Waals surface area contributed by atoms with Gasteiger partial charge in [0.2, 0.25) is 5.91 Å². The Balaban J connectivity index is 1.98. The Hall–Kier alpha value is -2.76. The van der Waals surface area contributed by atoms with E-state index in [2.05, 4.69) is 25.1 Å². The Kier molecular flexibility index (Phi) is 5.00. The van der Waals surface area contributed by atoms with Crippen molar-refractivity contribution in [3.05, 3.63) is 35.7 Å². The number of rotatable bonds is 5. The van der Waals surface area contributed by atoms with E-state index in [1.54, 1.807) is 18.3 Å². The zero-order chi connectivity index (χ0) is 19.8. The molecule has 27 heavy (non-hydrogen) atoms. The molecule has 0 fully saturated rings. The Labute approximate surface area is 160 Å². The van der Waals surface area contributed by atoms with Crippen LogP contribution >= 0.6 is 11.6 Å². The van der Waals surface area contributed by atoms with Gasteiger partial charge in [-0.05, 0) is 18.2 Å². The number of nitrogens with one attached hydrogen (secondary N) is 2. The summed E-state index contributed by atoms with van der Waals surface area (Å²) in [6, 6.07) is 4.96. The van der Waals surface area contributed by atoms with Crippen LogP contribution in [0.25, 0.3) is 16.9 Å². The van der Waals surface area contributed by atoms with Gasteiger partial charge >= 0.3 is 10.2 Å². The molecule has 1 amide bonds. The van der Waals surface area contributed by atoms with Crippen molar-refractivity contribution in [3.63, 3.8) is 0 Å². The summed E-state index contributed by atoms with van der Waals surface area (Å²) in [5.41, 5.74) is 1.74. The van der Waals surface area contributed by atoms with Crippen molar-refractivity contribution >= 4 is 44.9 Å². The molecule has 0 saturated carbocycles. The number of pyridine rings is 1. The number of carbonyl (C=O) groups excluding carboxylic acids is 1. The van der Waals surface area contributed by atoms with E-state index in [0.29, 0.717) is 22.7 Å². The van der Waals surface area contributed by atoms with E-state index >= 15 is 0 Å². The molecule has 0 radical (unpaired) electrons. The molecule has 0 saturated heterocycles. The zero-order valence-corrected chi connectivity index (χ0v) is 16.2. The summed E-state index contributed by atoms with van der Waals surface area (Å²) in [6.07, 6.45) is 3.05. The molecule has 0 spiro atoms. The number of halogens is 1. The predicted octanol–water partition coefficient (Wildman–Crippen LogP) is 1.62. The second-order valence-electron chi connectivity index (χ2n) is 5.78. The molecule has 0 aromatic carbocycles. The average molecular weight is 410 g/mol. The van der Waals surface area contributed by atoms with E-state index in [1.807, 2.05) is 0 Å². The summed E-state index contributed by atoms with van der Waals surface area (Å²) in [5, 5.41) is 7.01. The van der Waals surface area contributed by atoms with Crippen molar-refractivity contribution in [2.45, 2.75) is 6.92 Å². The topological polar surface area (TPSA) is 122 Å². The number of aromatic nitrogens is 4. The standard InChI is InChI=1S/C15H16ClN7O3S/c1-9(24)18-13-8-23-14(19-13)5-4-11(20-23)10-6-12(15(16)17-7-10)21-27(25,26)22(2)3/h4-8,21H,1-3H3,(H,18,24). The van der Waals surface area contributed by atoms with E-state index in [0.717, 1.165) is 4.31 Å². The van der Waals surface area contributed by atoms with Gasteiger partial charge in [0, 0.05) is 32.8 Å². The first-order valence-electron chi connectivity index (χ1n) is 7.66. The summed E-state index contributed by atoms with van der Waals surface area (Å²) in [4.78, 5) is 19.4. The van der Waals surface area contributed by atoms with Gasteiger partial charge < -0.3 is 5.32 Å². The molecule has 0 aliphatic heterocycles. The molecule has 2 N–H and O–H groups in total. The van der Waals surface area contributed by atoms with Crippen LogP contribution in [0.2, 0.25) is 5.15 Å². The van der Waals surface area contributed by atoms with Gasteiger partial charge in [0.15, 0.2) is 16.6 Å². The lowest BCUT2D eigenvalue weighted by Gasteiger charge is -2.14. The van der Waals surface area contributed by atoms with Crippen LogP contribution in [0.3, 0.4) is 0 Å². The molecular formula is C15H16ClN7O3S. The van der Waals surface area contributed by atoms with Crippen molar-refractivity contribution < 1.29 is 13.2 Å². The van der Waals surface area contributed by atoms with Crippen LogP contribution in [0, 0.1) is 0 Å². The molecule has 0 unspecified atom stereocenters. The van der Waals surface area contributed by atoms with Gasteiger partial charge in [-0.15, -0.1) is 0 Å². The number of hydrogen-bond donors (Lipinski definition) is 2. The highest BCUT2D eigenvalue weighted by atomic mass is 35.5. The van der Waals surface area contributed by atoms with E-state index in [4.69, 9.17) is 11.6 Å². The summed E-state index contributed by atoms with van der Waals surface area (Å²) in [6.45, 7) is 1.39. The second kappa shape index (κ2) is 7.10. The van der Waals surface area contributed by atoms with Gasteiger partial charge in [-0.2, -0.15) is 17.8 Å². The molecule has 0 aliphatic rings. The van der Waals surface area contributed by atoms with Crippen LogP contribution in [0.4, 0.5) is 11.5 Å². The molecule has 10 nitrogen and oxygen atoms in total. The summed E-state index contributed by atoms with van der Waals surface area (Å²) in [7, 11) is -0.937. The fraction of sp³-hybridized carbons (Fsp3) is 0.200. The van der Waals surface area contributed by atoms with Gasteiger partial charge in [-0.1, -0.05) is 11.6 Å². The highest BCUT2D eigenvalue weighted by molar-refractivity contribution is 7.90. The predicted molar refractivity (Wildman–Crippen MR) is 102 cm³/mol. The molecule has 12 heteroatoms. The zero-order valence-electron chi connectivity index (χ0n) is 14.6. The molecule has 0 aliphatic carbocycles. The van der Waals surface area contributed by atoms with Crippen LogP contribution in [0.1, 0.15) is 6.92 Å². The number of anilines is 2. The van der Waals surface area contributed by atoms with Gasteiger partial charge in [-0.3, -0.25) is 9.52 Å². The quantitative estimate of drug-likeness (QED) is 0.617. The van der Waals surface area contributed by atoms with Crippen LogP contribution in [-0.4, -0.2) is 52.3 Å². The lowest BCUT2D eigenvalue weighted by Crippen LogP contribution is -2.29. The Morgan fingerprint density at radius 2 is 2.04 bits per heavy atom. The maximum absolute atomic E-state index is 12.0. The summed E-state index contributed by atoms with van der Waals surface area (Å²) >= 11 is 6.01. The van der Waals surface area contributed by atoms with Gasteiger partial charge in [0.25, 0.3) is 0 Å². The number of fused-ring (bicyclic) bond motifs is 1. The third-order valence-electron chi connectivity index (χ3n) is 3.48. The molecule has 0 atom stereocenters. The fourth-order valence-corrected chi connectivity index (χ4v) is 2.99. The van der Waals surface area contributed by atoms with Gasteiger partial charge in [0.1, 0.15) is 0 Å². The minimum atomic E-state index is -3.73. The van der Waals surface area contributed by atoms with Crippen molar-refractivity contribution in [1.29, 1.82) is 0 Å². The normalized spacial score (nSPS) is 11.7. The lowest BCUT2D eigenvalue weighted by atomic mass is 10.2. The second-order valence-corrected chi connectivity index (χ2v) is 8.02. The number of nitrogens with zero attached hydrogens (tertiary/aromatic N) is 5. The van der Waals surface area contributed by atoms with E-state index in [-0.39, 0.29) is 16.7 Å². The molecular weight excluding hydrogens is 394 g/mol. The van der Waals surface area contributed by atoms with Crippen molar-refractivity contribution in [2.24, 2.45) is 0 Å². The molecule has 0 bridgehead atoms. The monoisotopic (exact) mass is 409 g/mol. The highest BCUT2D eigenvalue weighted by Crippen LogP contribution is 2.27. The Morgan fingerprint density at radius 3 is 2.70 bits per heavy atom. The molecule has 142 valence electrons. The largest absolute Gasteiger partial charge is 0.310 e. The maximum atomic E-state index is 12.0. The number of imidazole rings is 1. The van der Waals surface area contributed by atoms with Crippen molar-refractivity contribution in [1.82, 2.24) is 23.9 Å². The SMILES string of the molecule is CC(=O)Nc1cn2nc(-c3cnc(Cl)c(NS(=O)(=O)N(C)C)c3)ccc2n1. The van der Waals surface area contributed by atoms with E-state index < -0.39 is 10.2 Å². The van der Waals surface area contributed by atoms with E-state index in [9.17, 15) is 13.2 Å². The third-order valence-corrected chi connectivity index (χ3v) is 5.22. The minimum absolute atomic E-state index is 0.0147. The first-order chi connectivity index (χ1) is 12.7. The average Bonchev–Trinajstić information content (AvgIpc) is 2.96. The Bertz CT molecular complexity index is 1130. The highest BCUT2D eigenvalue weighted by Gasteiger charge is 2.17. The molecule has 3 heterocycles. The van der Waals surface area contributed by atoms with Crippen LogP contribution in [0.15, 0.2) is 30.6 Å². The number of hydrogen-bond acceptors (Lipinski definition) is 6. The maximum Gasteiger partial charge on any atom is 0.301 e. The van der Waals surface area contributed by atoms with Crippen molar-refractivity contribution in [3.8, 4) is 11.3 Å². The summed E-state index contributed by atoms with van der Waals surface area (Å²) < 4.78 is 29.0. The Morgan fingerprint density at radius 1 is 1.30 bits per heavy atom. The van der Waals surface area contributed by atoms with E-state index in [1.165, 1.54) is 37.8 Å². The minimum Gasteiger partial charge on any atom is -0.310 e. The van der Waals surface area contributed by atoms with Crippen LogP contribution < -0.4 is 10.0 Å². The first kappa shape index (κ1) is 19.0. The molecule has 3 rings (SSSR count). The number of carbonyl (C=O) groups is 1. The molecule has 3 aromatic rings. The number of amides is 1. The third kappa shape index (κ3) is 4.15.